The zero-order valence-electron chi connectivity index (χ0n) is 8.76. The van der Waals surface area contributed by atoms with E-state index in [2.05, 4.69) is 33.3 Å². The van der Waals surface area contributed by atoms with Crippen LogP contribution in [0.5, 0.6) is 0 Å². The van der Waals surface area contributed by atoms with Crippen molar-refractivity contribution in [2.75, 3.05) is 0 Å². The Labute approximate surface area is 85.0 Å². The van der Waals surface area contributed by atoms with E-state index in [9.17, 15) is 0 Å². The Balaban J connectivity index is 2.88. The zero-order valence-corrected chi connectivity index (χ0v) is 9.52. The van der Waals surface area contributed by atoms with Gasteiger partial charge in [0.25, 0.3) is 0 Å². The summed E-state index contributed by atoms with van der Waals surface area (Å²) in [6.45, 7) is 8.30. The minimum absolute atomic E-state index is 0.108. The van der Waals surface area contributed by atoms with Gasteiger partial charge in [-0.05, 0) is 40.5 Å². The monoisotopic (exact) mass is 206 g/mol. The molecule has 1 heterocycles. The van der Waals surface area contributed by atoms with E-state index in [4.69, 9.17) is 16.8 Å². The van der Waals surface area contributed by atoms with Gasteiger partial charge < -0.3 is 5.21 Å². The first kappa shape index (κ1) is 11.2. The number of nitrogens with zero attached hydrogens (tertiary/aromatic N) is 1. The molecule has 1 aliphatic heterocycles. The number of halogens is 1. The molecule has 1 fully saturated rings. The summed E-state index contributed by atoms with van der Waals surface area (Å²) in [5.74, 6) is 0. The molecule has 0 aromatic rings. The molecule has 0 aromatic carbocycles. The van der Waals surface area contributed by atoms with Crippen LogP contribution < -0.4 is 5.59 Å². The van der Waals surface area contributed by atoms with Crippen molar-refractivity contribution in [2.45, 2.75) is 57.0 Å². The van der Waals surface area contributed by atoms with Crippen LogP contribution in [0.25, 0.3) is 0 Å². The molecule has 0 spiro atoms. The summed E-state index contributed by atoms with van der Waals surface area (Å²) in [4.78, 5) is 0. The molecule has 0 radical (unpaired) electrons. The summed E-state index contributed by atoms with van der Waals surface area (Å²) in [6, 6.07) is 0. The first-order valence-electron chi connectivity index (χ1n) is 4.64. The molecule has 1 aliphatic rings. The summed E-state index contributed by atoms with van der Waals surface area (Å²) < 4.78 is 0. The lowest BCUT2D eigenvalue weighted by molar-refractivity contribution is -0.157. The molecular weight excluding hydrogens is 188 g/mol. The van der Waals surface area contributed by atoms with Gasteiger partial charge in [0, 0.05) is 16.5 Å². The van der Waals surface area contributed by atoms with Gasteiger partial charge in [-0.3, -0.25) is 0 Å². The Morgan fingerprint density at radius 1 is 1.23 bits per heavy atom. The molecular formula is C9H19ClN2O. The normalized spacial score (nSPS) is 29.1. The van der Waals surface area contributed by atoms with Gasteiger partial charge in [-0.25, -0.2) is 5.01 Å². The number of rotatable bonds is 1. The molecule has 0 aliphatic carbocycles. The van der Waals surface area contributed by atoms with Crippen molar-refractivity contribution >= 4 is 11.6 Å². The highest BCUT2D eigenvalue weighted by Gasteiger charge is 2.44. The molecule has 0 aromatic heterocycles. The minimum atomic E-state index is -0.108. The summed E-state index contributed by atoms with van der Waals surface area (Å²) >= 11 is 6.17. The van der Waals surface area contributed by atoms with Crippen LogP contribution in [-0.2, 0) is 0 Å². The summed E-state index contributed by atoms with van der Waals surface area (Å²) in [6.07, 6.45) is 1.76. The third-order valence-corrected chi connectivity index (χ3v) is 3.06. The van der Waals surface area contributed by atoms with Crippen LogP contribution in [-0.4, -0.2) is 26.7 Å². The molecule has 0 amide bonds. The Bertz CT molecular complexity index is 176. The van der Waals surface area contributed by atoms with Crippen molar-refractivity contribution in [3.05, 3.63) is 0 Å². The molecule has 0 unspecified atom stereocenters. The lowest BCUT2D eigenvalue weighted by atomic mass is 9.81. The van der Waals surface area contributed by atoms with E-state index in [-0.39, 0.29) is 16.5 Å². The second-order valence-electron chi connectivity index (χ2n) is 5.07. The highest BCUT2D eigenvalue weighted by molar-refractivity contribution is 6.20. The second kappa shape index (κ2) is 3.39. The number of piperidine rings is 1. The minimum Gasteiger partial charge on any atom is -0.302 e. The quantitative estimate of drug-likeness (QED) is 0.510. The number of alkyl halides is 1. The molecule has 0 bridgehead atoms. The number of hydrogen-bond donors (Lipinski definition) is 2. The predicted molar refractivity (Wildman–Crippen MR) is 53.8 cm³/mol. The number of hydrazine groups is 1. The van der Waals surface area contributed by atoms with Gasteiger partial charge in [0.05, 0.1) is 0 Å². The molecule has 3 nitrogen and oxygen atoms in total. The van der Waals surface area contributed by atoms with E-state index in [0.29, 0.717) is 0 Å². The van der Waals surface area contributed by atoms with Gasteiger partial charge in [0.1, 0.15) is 0 Å². The third-order valence-electron chi connectivity index (χ3n) is 2.75. The van der Waals surface area contributed by atoms with E-state index in [0.717, 1.165) is 12.8 Å². The zero-order chi connectivity index (χ0) is 10.3. The van der Waals surface area contributed by atoms with E-state index >= 15 is 0 Å². The van der Waals surface area contributed by atoms with E-state index in [1.807, 2.05) is 5.01 Å². The Hall–Kier alpha value is 0.170. The SMILES string of the molecule is CC1(C)CC(Cl)CC(C)(C)N1NO. The second-order valence-corrected chi connectivity index (χ2v) is 5.68. The van der Waals surface area contributed by atoms with Gasteiger partial charge in [0.2, 0.25) is 0 Å². The Morgan fingerprint density at radius 2 is 1.62 bits per heavy atom. The fraction of sp³-hybridized carbons (Fsp3) is 1.00. The van der Waals surface area contributed by atoms with Crippen molar-refractivity contribution in [3.8, 4) is 0 Å². The highest BCUT2D eigenvalue weighted by Crippen LogP contribution is 2.38. The molecule has 4 heteroatoms. The van der Waals surface area contributed by atoms with E-state index < -0.39 is 0 Å². The van der Waals surface area contributed by atoms with Gasteiger partial charge in [0.15, 0.2) is 0 Å². The molecule has 0 saturated carbocycles. The molecule has 2 N–H and O–H groups in total. The van der Waals surface area contributed by atoms with Crippen molar-refractivity contribution in [1.29, 1.82) is 0 Å². The van der Waals surface area contributed by atoms with Crippen molar-refractivity contribution < 1.29 is 5.21 Å². The highest BCUT2D eigenvalue weighted by atomic mass is 35.5. The van der Waals surface area contributed by atoms with Gasteiger partial charge in [-0.15, -0.1) is 17.2 Å². The summed E-state index contributed by atoms with van der Waals surface area (Å²) in [5, 5.41) is 11.1. The summed E-state index contributed by atoms with van der Waals surface area (Å²) in [7, 11) is 0. The van der Waals surface area contributed by atoms with Crippen LogP contribution in [0.3, 0.4) is 0 Å². The molecule has 1 saturated heterocycles. The number of hydrogen-bond acceptors (Lipinski definition) is 3. The lowest BCUT2D eigenvalue weighted by Crippen LogP contribution is -2.65. The van der Waals surface area contributed by atoms with Gasteiger partial charge in [-0.1, -0.05) is 0 Å². The average molecular weight is 207 g/mol. The Kier molecular flexibility index (Phi) is 2.93. The van der Waals surface area contributed by atoms with Gasteiger partial charge in [-0.2, -0.15) is 0 Å². The maximum absolute atomic E-state index is 9.08. The Morgan fingerprint density at radius 3 is 1.92 bits per heavy atom. The van der Waals surface area contributed by atoms with Crippen molar-refractivity contribution in [1.82, 2.24) is 10.6 Å². The van der Waals surface area contributed by atoms with Crippen LogP contribution in [0.1, 0.15) is 40.5 Å². The number of nitrogens with one attached hydrogen (secondary N) is 1. The molecule has 13 heavy (non-hydrogen) atoms. The topological polar surface area (TPSA) is 35.5 Å². The van der Waals surface area contributed by atoms with Crippen LogP contribution in [0.4, 0.5) is 0 Å². The average Bonchev–Trinajstić information content (AvgIpc) is 1.79. The maximum Gasteiger partial charge on any atom is 0.0371 e. The standard InChI is InChI=1S/C9H19ClN2O/c1-8(2)5-7(10)6-9(3,4)12(8)11-13/h7,11,13H,5-6H2,1-4H3. The van der Waals surface area contributed by atoms with Crippen LogP contribution in [0.2, 0.25) is 0 Å². The lowest BCUT2D eigenvalue weighted by Gasteiger charge is -2.52. The first-order chi connectivity index (χ1) is 5.79. The summed E-state index contributed by atoms with van der Waals surface area (Å²) in [5.41, 5.74) is 2.06. The third kappa shape index (κ3) is 2.15. The van der Waals surface area contributed by atoms with Crippen LogP contribution >= 0.6 is 11.6 Å². The van der Waals surface area contributed by atoms with E-state index in [1.165, 1.54) is 0 Å². The van der Waals surface area contributed by atoms with E-state index in [1.54, 1.807) is 0 Å². The maximum atomic E-state index is 9.08. The predicted octanol–water partition coefficient (Wildman–Crippen LogP) is 2.14. The van der Waals surface area contributed by atoms with Crippen LogP contribution in [0, 0.1) is 0 Å². The largest absolute Gasteiger partial charge is 0.302 e. The van der Waals surface area contributed by atoms with Crippen molar-refractivity contribution in [3.63, 3.8) is 0 Å². The molecule has 0 atom stereocenters. The molecule has 1 rings (SSSR count). The van der Waals surface area contributed by atoms with Gasteiger partial charge >= 0.3 is 0 Å². The first-order valence-corrected chi connectivity index (χ1v) is 5.07. The molecule has 78 valence electrons. The fourth-order valence-corrected chi connectivity index (χ4v) is 3.18. The smallest absolute Gasteiger partial charge is 0.0371 e. The van der Waals surface area contributed by atoms with Crippen molar-refractivity contribution in [2.24, 2.45) is 0 Å². The van der Waals surface area contributed by atoms with Crippen LogP contribution in [0.15, 0.2) is 0 Å². The fourth-order valence-electron chi connectivity index (χ4n) is 2.43.